The number of rotatable bonds is 4. The van der Waals surface area contributed by atoms with Crippen molar-refractivity contribution < 1.29 is 14.6 Å². The van der Waals surface area contributed by atoms with Crippen LogP contribution in [0.1, 0.15) is 44.7 Å². The van der Waals surface area contributed by atoms with E-state index in [4.69, 9.17) is 4.74 Å². The van der Waals surface area contributed by atoms with Crippen LogP contribution in [0, 0.1) is 5.41 Å². The molecule has 0 heterocycles. The lowest BCUT2D eigenvalue weighted by atomic mass is 9.70. The topological polar surface area (TPSA) is 46.5 Å². The van der Waals surface area contributed by atoms with Gasteiger partial charge in [-0.15, -0.1) is 0 Å². The van der Waals surface area contributed by atoms with E-state index in [-0.39, 0.29) is 5.60 Å². The summed E-state index contributed by atoms with van der Waals surface area (Å²) in [5.74, 6) is -0.690. The van der Waals surface area contributed by atoms with Gasteiger partial charge in [0.2, 0.25) is 0 Å². The zero-order valence-corrected chi connectivity index (χ0v) is 12.6. The SMILES string of the molecule is CC(C)(C)OCCC1(C(=O)O)CCc2ccccc2C1. The molecule has 0 aliphatic heterocycles. The average molecular weight is 276 g/mol. The van der Waals surface area contributed by atoms with Crippen molar-refractivity contribution in [2.24, 2.45) is 5.41 Å². The Kier molecular flexibility index (Phi) is 4.19. The Balaban J connectivity index is 2.11. The Morgan fingerprint density at radius 1 is 1.30 bits per heavy atom. The van der Waals surface area contributed by atoms with Crippen LogP contribution in [0.5, 0.6) is 0 Å². The lowest BCUT2D eigenvalue weighted by Gasteiger charge is -2.35. The van der Waals surface area contributed by atoms with Gasteiger partial charge in [-0.05, 0) is 57.6 Å². The molecule has 1 N–H and O–H groups in total. The second-order valence-electron chi connectivity index (χ2n) is 6.74. The normalized spacial score (nSPS) is 22.4. The van der Waals surface area contributed by atoms with Gasteiger partial charge < -0.3 is 9.84 Å². The smallest absolute Gasteiger partial charge is 0.310 e. The Bertz CT molecular complexity index is 487. The first-order valence-electron chi connectivity index (χ1n) is 7.27. The molecular formula is C17H24O3. The summed E-state index contributed by atoms with van der Waals surface area (Å²) in [5, 5.41) is 9.69. The van der Waals surface area contributed by atoms with Crippen molar-refractivity contribution in [2.75, 3.05) is 6.61 Å². The molecule has 1 aromatic rings. The molecule has 1 aromatic carbocycles. The molecule has 3 nitrogen and oxygen atoms in total. The lowest BCUT2D eigenvalue weighted by Crippen LogP contribution is -2.38. The number of aliphatic carboxylic acids is 1. The lowest BCUT2D eigenvalue weighted by molar-refractivity contribution is -0.152. The van der Waals surface area contributed by atoms with Gasteiger partial charge in [-0.1, -0.05) is 24.3 Å². The zero-order valence-electron chi connectivity index (χ0n) is 12.6. The highest BCUT2D eigenvalue weighted by Gasteiger charge is 2.41. The van der Waals surface area contributed by atoms with Gasteiger partial charge in [-0.2, -0.15) is 0 Å². The largest absolute Gasteiger partial charge is 0.481 e. The number of hydrogen-bond donors (Lipinski definition) is 1. The minimum absolute atomic E-state index is 0.216. The van der Waals surface area contributed by atoms with Crippen molar-refractivity contribution in [3.8, 4) is 0 Å². The number of fused-ring (bicyclic) bond motifs is 1. The van der Waals surface area contributed by atoms with Crippen molar-refractivity contribution in [2.45, 2.75) is 52.1 Å². The van der Waals surface area contributed by atoms with Gasteiger partial charge in [0.05, 0.1) is 11.0 Å². The molecule has 1 aliphatic carbocycles. The standard InChI is InChI=1S/C17H24O3/c1-16(2,3)20-11-10-17(15(18)19)9-8-13-6-4-5-7-14(13)12-17/h4-7H,8-12H2,1-3H3,(H,18,19). The number of aryl methyl sites for hydroxylation is 1. The molecule has 1 aliphatic rings. The predicted molar refractivity (Wildman–Crippen MR) is 78.9 cm³/mol. The highest BCUT2D eigenvalue weighted by Crippen LogP contribution is 2.39. The van der Waals surface area contributed by atoms with E-state index in [1.54, 1.807) is 0 Å². The van der Waals surface area contributed by atoms with Crippen molar-refractivity contribution in [1.29, 1.82) is 0 Å². The molecule has 2 rings (SSSR count). The van der Waals surface area contributed by atoms with Gasteiger partial charge in [-0.25, -0.2) is 0 Å². The molecule has 3 heteroatoms. The van der Waals surface area contributed by atoms with Crippen molar-refractivity contribution in [3.05, 3.63) is 35.4 Å². The quantitative estimate of drug-likeness (QED) is 0.916. The van der Waals surface area contributed by atoms with Crippen LogP contribution < -0.4 is 0 Å². The summed E-state index contributed by atoms with van der Waals surface area (Å²) in [5.41, 5.74) is 1.59. The highest BCUT2D eigenvalue weighted by molar-refractivity contribution is 5.75. The van der Waals surface area contributed by atoms with Gasteiger partial charge in [0, 0.05) is 6.61 Å². The van der Waals surface area contributed by atoms with E-state index in [1.807, 2.05) is 32.9 Å². The van der Waals surface area contributed by atoms with Crippen LogP contribution in [0.4, 0.5) is 0 Å². The van der Waals surface area contributed by atoms with Crippen LogP contribution in [0.2, 0.25) is 0 Å². The molecule has 0 amide bonds. The van der Waals surface area contributed by atoms with Crippen LogP contribution in [-0.2, 0) is 22.4 Å². The molecule has 0 fully saturated rings. The molecule has 0 aromatic heterocycles. The van der Waals surface area contributed by atoms with E-state index < -0.39 is 11.4 Å². The summed E-state index contributed by atoms with van der Waals surface area (Å²) < 4.78 is 5.73. The maximum atomic E-state index is 11.8. The third-order valence-corrected chi connectivity index (χ3v) is 4.09. The molecule has 110 valence electrons. The Labute approximate surface area is 121 Å². The van der Waals surface area contributed by atoms with Gasteiger partial charge in [0.15, 0.2) is 0 Å². The van der Waals surface area contributed by atoms with Gasteiger partial charge in [0.1, 0.15) is 0 Å². The summed E-state index contributed by atoms with van der Waals surface area (Å²) in [6.07, 6.45) is 2.74. The zero-order chi connectivity index (χ0) is 14.8. The van der Waals surface area contributed by atoms with Crippen LogP contribution in [0.15, 0.2) is 24.3 Å². The van der Waals surface area contributed by atoms with Crippen LogP contribution in [0.25, 0.3) is 0 Å². The molecular weight excluding hydrogens is 252 g/mol. The maximum absolute atomic E-state index is 11.8. The van der Waals surface area contributed by atoms with Crippen LogP contribution in [0.3, 0.4) is 0 Å². The van der Waals surface area contributed by atoms with Crippen molar-refractivity contribution in [3.63, 3.8) is 0 Å². The number of benzene rings is 1. The average Bonchev–Trinajstić information content (AvgIpc) is 2.37. The predicted octanol–water partition coefficient (Wildman–Crippen LogP) is 3.45. The van der Waals surface area contributed by atoms with Crippen molar-refractivity contribution in [1.82, 2.24) is 0 Å². The molecule has 0 saturated heterocycles. The molecule has 0 bridgehead atoms. The van der Waals surface area contributed by atoms with E-state index >= 15 is 0 Å². The number of carbonyl (C=O) groups is 1. The molecule has 20 heavy (non-hydrogen) atoms. The summed E-state index contributed by atoms with van der Waals surface area (Å²) >= 11 is 0. The fraction of sp³-hybridized carbons (Fsp3) is 0.588. The second kappa shape index (κ2) is 5.57. The third-order valence-electron chi connectivity index (χ3n) is 4.09. The third kappa shape index (κ3) is 3.40. The first kappa shape index (κ1) is 15.0. The first-order chi connectivity index (χ1) is 9.32. The molecule has 0 saturated carbocycles. The molecule has 0 spiro atoms. The fourth-order valence-electron chi connectivity index (χ4n) is 2.86. The minimum Gasteiger partial charge on any atom is -0.481 e. The van der Waals surface area contributed by atoms with E-state index in [1.165, 1.54) is 11.1 Å². The Morgan fingerprint density at radius 2 is 1.95 bits per heavy atom. The Hall–Kier alpha value is -1.35. The van der Waals surface area contributed by atoms with Gasteiger partial charge in [0.25, 0.3) is 0 Å². The van der Waals surface area contributed by atoms with E-state index in [0.717, 1.165) is 6.42 Å². The number of carboxylic acid groups (broad SMARTS) is 1. The molecule has 1 unspecified atom stereocenters. The Morgan fingerprint density at radius 3 is 2.55 bits per heavy atom. The van der Waals surface area contributed by atoms with Crippen LogP contribution in [-0.4, -0.2) is 23.3 Å². The van der Waals surface area contributed by atoms with Gasteiger partial charge in [-0.3, -0.25) is 4.79 Å². The highest BCUT2D eigenvalue weighted by atomic mass is 16.5. The van der Waals surface area contributed by atoms with Crippen molar-refractivity contribution >= 4 is 5.97 Å². The monoisotopic (exact) mass is 276 g/mol. The first-order valence-corrected chi connectivity index (χ1v) is 7.27. The summed E-state index contributed by atoms with van der Waals surface area (Å²) in [7, 11) is 0. The van der Waals surface area contributed by atoms with E-state index in [0.29, 0.717) is 25.9 Å². The van der Waals surface area contributed by atoms with E-state index in [9.17, 15) is 9.90 Å². The number of hydrogen-bond acceptors (Lipinski definition) is 2. The summed E-state index contributed by atoms with van der Waals surface area (Å²) in [6, 6.07) is 8.17. The molecule has 0 radical (unpaired) electrons. The summed E-state index contributed by atoms with van der Waals surface area (Å²) in [4.78, 5) is 11.8. The van der Waals surface area contributed by atoms with Gasteiger partial charge >= 0.3 is 5.97 Å². The minimum atomic E-state index is -0.690. The fourth-order valence-corrected chi connectivity index (χ4v) is 2.86. The second-order valence-corrected chi connectivity index (χ2v) is 6.74. The molecule has 1 atom stereocenters. The number of carboxylic acids is 1. The summed E-state index contributed by atoms with van der Waals surface area (Å²) in [6.45, 7) is 6.49. The number of ether oxygens (including phenoxy) is 1. The maximum Gasteiger partial charge on any atom is 0.310 e. The van der Waals surface area contributed by atoms with E-state index in [2.05, 4.69) is 12.1 Å². The van der Waals surface area contributed by atoms with Crippen LogP contribution >= 0.6 is 0 Å².